The van der Waals surface area contributed by atoms with Gasteiger partial charge < -0.3 is 20.1 Å². The minimum atomic E-state index is -3.52. The molecule has 2 N–H and O–H groups in total. The number of anilines is 2. The molecule has 42 heavy (non-hydrogen) atoms. The molecule has 9 nitrogen and oxygen atoms in total. The summed E-state index contributed by atoms with van der Waals surface area (Å²) >= 11 is 0. The highest BCUT2D eigenvalue weighted by Crippen LogP contribution is 2.27. The number of para-hydroxylation sites is 2. The fraction of sp³-hybridized carbons (Fsp3) is 0.188. The summed E-state index contributed by atoms with van der Waals surface area (Å²) < 4.78 is 36.7. The predicted molar refractivity (Wildman–Crippen MR) is 164 cm³/mol. The second-order valence-corrected chi connectivity index (χ2v) is 11.4. The van der Waals surface area contributed by atoms with Gasteiger partial charge >= 0.3 is 0 Å². The van der Waals surface area contributed by atoms with Crippen LogP contribution < -0.4 is 24.4 Å². The van der Waals surface area contributed by atoms with Gasteiger partial charge in [-0.25, -0.2) is 8.42 Å². The number of amides is 2. The maximum absolute atomic E-state index is 13.0. The fourth-order valence-electron chi connectivity index (χ4n) is 4.36. The van der Waals surface area contributed by atoms with E-state index in [9.17, 15) is 18.0 Å². The van der Waals surface area contributed by atoms with Crippen LogP contribution >= 0.6 is 0 Å². The molecule has 0 spiro atoms. The number of carbonyl (C=O) groups is 2. The number of methoxy groups -OCH3 is 2. The Kier molecular flexibility index (Phi) is 9.82. The lowest BCUT2D eigenvalue weighted by Crippen LogP contribution is -2.29. The molecule has 0 fully saturated rings. The first-order valence-corrected chi connectivity index (χ1v) is 15.1. The van der Waals surface area contributed by atoms with Gasteiger partial charge in [-0.15, -0.1) is 0 Å². The van der Waals surface area contributed by atoms with Crippen LogP contribution in [-0.4, -0.2) is 47.3 Å². The molecular formula is C32H33N3O6S. The Labute approximate surface area is 246 Å². The molecule has 0 aliphatic carbocycles. The molecule has 2 amide bonds. The van der Waals surface area contributed by atoms with Gasteiger partial charge in [0.2, 0.25) is 10.0 Å². The van der Waals surface area contributed by atoms with E-state index in [4.69, 9.17) is 9.47 Å². The summed E-state index contributed by atoms with van der Waals surface area (Å²) in [6.07, 6.45) is 1.74. The minimum absolute atomic E-state index is 0.122. The Bertz CT molecular complexity index is 1640. The first kappa shape index (κ1) is 30.1. The van der Waals surface area contributed by atoms with E-state index in [0.29, 0.717) is 47.0 Å². The first-order chi connectivity index (χ1) is 20.2. The molecule has 4 aromatic rings. The molecule has 0 bridgehead atoms. The van der Waals surface area contributed by atoms with E-state index in [2.05, 4.69) is 10.6 Å². The summed E-state index contributed by atoms with van der Waals surface area (Å²) in [5, 5.41) is 5.72. The molecule has 0 unspecified atom stereocenters. The van der Waals surface area contributed by atoms with Crippen LogP contribution in [-0.2, 0) is 23.0 Å². The quantitative estimate of drug-likeness (QED) is 0.244. The number of hydrogen-bond acceptors (Lipinski definition) is 6. The minimum Gasteiger partial charge on any atom is -0.493 e. The summed E-state index contributed by atoms with van der Waals surface area (Å²) in [4.78, 5) is 26.0. The van der Waals surface area contributed by atoms with Crippen molar-refractivity contribution in [3.63, 3.8) is 0 Å². The van der Waals surface area contributed by atoms with Gasteiger partial charge in [0.1, 0.15) is 0 Å². The van der Waals surface area contributed by atoms with Crippen molar-refractivity contribution in [2.24, 2.45) is 0 Å². The Morgan fingerprint density at radius 2 is 1.40 bits per heavy atom. The third-order valence-corrected chi connectivity index (χ3v) is 7.69. The van der Waals surface area contributed by atoms with Gasteiger partial charge in [0, 0.05) is 12.1 Å². The normalized spacial score (nSPS) is 10.9. The van der Waals surface area contributed by atoms with Crippen molar-refractivity contribution in [2.45, 2.75) is 13.0 Å². The molecule has 218 valence electrons. The van der Waals surface area contributed by atoms with Crippen molar-refractivity contribution in [1.82, 2.24) is 5.32 Å². The Morgan fingerprint density at radius 1 is 0.762 bits per heavy atom. The molecule has 0 heterocycles. The van der Waals surface area contributed by atoms with Gasteiger partial charge in [0.15, 0.2) is 11.5 Å². The highest BCUT2D eigenvalue weighted by Gasteiger charge is 2.18. The standard InChI is InChI=1S/C32H33N3O6S/c1-40-29-18-15-23(21-30(29)41-2)19-20-33-32(37)27-11-7-8-12-28(27)34-31(36)25-16-13-24(14-17-25)22-35(42(3,38)39)26-9-5-4-6-10-26/h4-18,21H,19-20,22H2,1-3H3,(H,33,37)(H,34,36). The van der Waals surface area contributed by atoms with Gasteiger partial charge in [-0.1, -0.05) is 48.5 Å². The lowest BCUT2D eigenvalue weighted by molar-refractivity contribution is 0.0955. The molecule has 4 rings (SSSR count). The Balaban J connectivity index is 1.39. The van der Waals surface area contributed by atoms with E-state index in [1.54, 1.807) is 87.0 Å². The van der Waals surface area contributed by atoms with E-state index in [1.807, 2.05) is 24.3 Å². The van der Waals surface area contributed by atoms with E-state index in [0.717, 1.165) is 17.4 Å². The molecule has 0 aliphatic heterocycles. The third kappa shape index (κ3) is 7.67. The van der Waals surface area contributed by atoms with Gasteiger partial charge in [-0.3, -0.25) is 13.9 Å². The molecule has 0 radical (unpaired) electrons. The zero-order valence-corrected chi connectivity index (χ0v) is 24.5. The number of carbonyl (C=O) groups excluding carboxylic acids is 2. The van der Waals surface area contributed by atoms with Crippen molar-refractivity contribution in [2.75, 3.05) is 36.6 Å². The summed E-state index contributed by atoms with van der Waals surface area (Å²) in [5.41, 5.74) is 3.33. The molecule has 0 saturated carbocycles. The summed E-state index contributed by atoms with van der Waals surface area (Å²) in [7, 11) is -0.375. The summed E-state index contributed by atoms with van der Waals surface area (Å²) in [6, 6.07) is 27.9. The van der Waals surface area contributed by atoms with Gasteiger partial charge in [-0.2, -0.15) is 0 Å². The van der Waals surface area contributed by atoms with Gasteiger partial charge in [0.25, 0.3) is 11.8 Å². The average Bonchev–Trinajstić information content (AvgIpc) is 3.00. The zero-order chi connectivity index (χ0) is 30.1. The van der Waals surface area contributed by atoms with Gasteiger partial charge in [-0.05, 0) is 66.1 Å². The molecule has 0 atom stereocenters. The van der Waals surface area contributed by atoms with Crippen LogP contribution in [0.4, 0.5) is 11.4 Å². The number of nitrogens with one attached hydrogen (secondary N) is 2. The molecular weight excluding hydrogens is 554 g/mol. The molecule has 0 saturated heterocycles. The number of sulfonamides is 1. The van der Waals surface area contributed by atoms with Gasteiger partial charge in [0.05, 0.1) is 44.0 Å². The highest BCUT2D eigenvalue weighted by atomic mass is 32.2. The zero-order valence-electron chi connectivity index (χ0n) is 23.7. The van der Waals surface area contributed by atoms with Crippen LogP contribution in [0.15, 0.2) is 97.1 Å². The van der Waals surface area contributed by atoms with E-state index < -0.39 is 15.9 Å². The summed E-state index contributed by atoms with van der Waals surface area (Å²) in [6.45, 7) is 0.503. The molecule has 0 aliphatic rings. The lowest BCUT2D eigenvalue weighted by Gasteiger charge is -2.22. The highest BCUT2D eigenvalue weighted by molar-refractivity contribution is 7.92. The van der Waals surface area contributed by atoms with Crippen LogP contribution in [0.25, 0.3) is 0 Å². The van der Waals surface area contributed by atoms with E-state index in [-0.39, 0.29) is 12.5 Å². The van der Waals surface area contributed by atoms with E-state index >= 15 is 0 Å². The maximum Gasteiger partial charge on any atom is 0.255 e. The number of nitrogens with zero attached hydrogens (tertiary/aromatic N) is 1. The Hall–Kier alpha value is -4.83. The van der Waals surface area contributed by atoms with Crippen LogP contribution in [0.2, 0.25) is 0 Å². The number of benzene rings is 4. The number of rotatable bonds is 12. The number of hydrogen-bond donors (Lipinski definition) is 2. The fourth-order valence-corrected chi connectivity index (χ4v) is 5.25. The van der Waals surface area contributed by atoms with Crippen LogP contribution in [0, 0.1) is 0 Å². The topological polar surface area (TPSA) is 114 Å². The van der Waals surface area contributed by atoms with Crippen molar-refractivity contribution in [1.29, 1.82) is 0 Å². The predicted octanol–water partition coefficient (Wildman–Crippen LogP) is 4.89. The van der Waals surface area contributed by atoms with Crippen molar-refractivity contribution < 1.29 is 27.5 Å². The second-order valence-electron chi connectivity index (χ2n) is 9.50. The van der Waals surface area contributed by atoms with Crippen molar-refractivity contribution in [3.05, 3.63) is 119 Å². The Morgan fingerprint density at radius 3 is 2.07 bits per heavy atom. The third-order valence-electron chi connectivity index (χ3n) is 6.55. The van der Waals surface area contributed by atoms with Crippen molar-refractivity contribution in [3.8, 4) is 11.5 Å². The molecule has 0 aromatic heterocycles. The SMILES string of the molecule is COc1ccc(CCNC(=O)c2ccccc2NC(=O)c2ccc(CN(c3ccccc3)S(C)(=O)=O)cc2)cc1OC. The summed E-state index contributed by atoms with van der Waals surface area (Å²) in [5.74, 6) is 0.539. The van der Waals surface area contributed by atoms with Crippen LogP contribution in [0.1, 0.15) is 31.8 Å². The average molecular weight is 588 g/mol. The molecule has 4 aromatic carbocycles. The monoisotopic (exact) mass is 587 g/mol. The van der Waals surface area contributed by atoms with Crippen LogP contribution in [0.3, 0.4) is 0 Å². The number of ether oxygens (including phenoxy) is 2. The van der Waals surface area contributed by atoms with Crippen molar-refractivity contribution >= 4 is 33.2 Å². The second kappa shape index (κ2) is 13.7. The smallest absolute Gasteiger partial charge is 0.255 e. The maximum atomic E-state index is 13.0. The molecule has 10 heteroatoms. The van der Waals surface area contributed by atoms with Crippen LogP contribution in [0.5, 0.6) is 11.5 Å². The van der Waals surface area contributed by atoms with E-state index in [1.165, 1.54) is 4.31 Å². The largest absolute Gasteiger partial charge is 0.493 e. The lowest BCUT2D eigenvalue weighted by atomic mass is 10.1. The first-order valence-electron chi connectivity index (χ1n) is 13.2.